The monoisotopic (exact) mass is 427 g/mol. The van der Waals surface area contributed by atoms with Crippen LogP contribution in [0.3, 0.4) is 0 Å². The van der Waals surface area contributed by atoms with Crippen LogP contribution in [-0.2, 0) is 6.54 Å². The van der Waals surface area contributed by atoms with E-state index in [1.54, 1.807) is 18.1 Å². The summed E-state index contributed by atoms with van der Waals surface area (Å²) in [5.41, 5.74) is 6.90. The molecule has 0 radical (unpaired) electrons. The Hall–Kier alpha value is -3.38. The van der Waals surface area contributed by atoms with Crippen LogP contribution in [0.4, 0.5) is 28.6 Å². The van der Waals surface area contributed by atoms with Gasteiger partial charge in [-0.1, -0.05) is 24.3 Å². The molecule has 0 saturated carbocycles. The van der Waals surface area contributed by atoms with E-state index in [1.165, 1.54) is 37.1 Å². The fraction of sp³-hybridized carbons (Fsp3) is 0.308. The highest BCUT2D eigenvalue weighted by atomic mass is 16.2. The van der Waals surface area contributed by atoms with Gasteiger partial charge in [0.05, 0.1) is 28.8 Å². The van der Waals surface area contributed by atoms with Crippen LogP contribution in [0.5, 0.6) is 0 Å². The first kappa shape index (κ1) is 20.5. The lowest BCUT2D eigenvalue weighted by Gasteiger charge is -2.23. The number of anilines is 5. The van der Waals surface area contributed by atoms with E-state index >= 15 is 0 Å². The number of benzene rings is 2. The van der Waals surface area contributed by atoms with Crippen molar-refractivity contribution in [3.05, 3.63) is 71.4 Å². The number of hydrogen-bond donors (Lipinski definition) is 1. The lowest BCUT2D eigenvalue weighted by Crippen LogP contribution is -2.25. The first-order chi connectivity index (χ1) is 15.5. The molecule has 1 amide bonds. The molecule has 1 N–H and O–H groups in total. The zero-order chi connectivity index (χ0) is 22.2. The average Bonchev–Trinajstić information content (AvgIpc) is 3.30. The normalized spacial score (nSPS) is 16.0. The fourth-order valence-electron chi connectivity index (χ4n) is 4.70. The minimum atomic E-state index is -0.0295. The van der Waals surface area contributed by atoms with Gasteiger partial charge in [-0.2, -0.15) is 0 Å². The topological polar surface area (TPSA) is 51.7 Å². The van der Waals surface area contributed by atoms with Gasteiger partial charge in [0.15, 0.2) is 0 Å². The second kappa shape index (κ2) is 8.28. The minimum Gasteiger partial charge on any atom is -0.342 e. The average molecular weight is 428 g/mol. The van der Waals surface area contributed by atoms with Crippen LogP contribution in [0, 0.1) is 6.92 Å². The lowest BCUT2D eigenvalue weighted by atomic mass is 10.1. The third-order valence-corrected chi connectivity index (χ3v) is 6.54. The second-order valence-electron chi connectivity index (χ2n) is 8.76. The zero-order valence-electron chi connectivity index (χ0n) is 18.9. The second-order valence-corrected chi connectivity index (χ2v) is 8.76. The van der Waals surface area contributed by atoms with Crippen LogP contribution in [-0.4, -0.2) is 43.0 Å². The van der Waals surface area contributed by atoms with Crippen molar-refractivity contribution in [2.45, 2.75) is 26.3 Å². The molecule has 2 aliphatic rings. The first-order valence-electron chi connectivity index (χ1n) is 11.2. The highest BCUT2D eigenvalue weighted by molar-refractivity contribution is 6.13. The summed E-state index contributed by atoms with van der Waals surface area (Å²) in [5, 5.41) is 3.48. The van der Waals surface area contributed by atoms with Crippen LogP contribution in [0.2, 0.25) is 0 Å². The number of carbonyl (C=O) groups excluding carboxylic acids is 1. The number of fused-ring (bicyclic) bond motifs is 2. The Labute approximate surface area is 189 Å². The molecule has 0 spiro atoms. The fourth-order valence-corrected chi connectivity index (χ4v) is 4.70. The van der Waals surface area contributed by atoms with Crippen molar-refractivity contribution in [2.75, 3.05) is 42.3 Å². The number of likely N-dealkylation sites (tertiary alicyclic amines) is 1. The maximum Gasteiger partial charge on any atom is 0.260 e. The van der Waals surface area contributed by atoms with E-state index in [4.69, 9.17) is 0 Å². The molecule has 5 rings (SSSR count). The van der Waals surface area contributed by atoms with Crippen LogP contribution >= 0.6 is 0 Å². The number of rotatable bonds is 4. The van der Waals surface area contributed by atoms with Gasteiger partial charge >= 0.3 is 0 Å². The number of hydrogen-bond acceptors (Lipinski definition) is 5. The summed E-state index contributed by atoms with van der Waals surface area (Å²) in [4.78, 5) is 23.8. The summed E-state index contributed by atoms with van der Waals surface area (Å²) in [6, 6.07) is 16.3. The van der Waals surface area contributed by atoms with Crippen molar-refractivity contribution in [3.63, 3.8) is 0 Å². The highest BCUT2D eigenvalue weighted by Crippen LogP contribution is 2.40. The number of pyridine rings is 1. The Morgan fingerprint density at radius 1 is 0.938 bits per heavy atom. The molecule has 3 heterocycles. The maximum absolute atomic E-state index is 13.0. The maximum atomic E-state index is 13.0. The highest BCUT2D eigenvalue weighted by Gasteiger charge is 2.27. The van der Waals surface area contributed by atoms with Gasteiger partial charge < -0.3 is 15.1 Å². The summed E-state index contributed by atoms with van der Waals surface area (Å²) < 4.78 is 0. The van der Waals surface area contributed by atoms with Crippen molar-refractivity contribution in [1.29, 1.82) is 0 Å². The minimum absolute atomic E-state index is 0.0295. The van der Waals surface area contributed by atoms with Crippen molar-refractivity contribution in [1.82, 2.24) is 9.88 Å². The molecule has 0 bridgehead atoms. The Morgan fingerprint density at radius 3 is 2.50 bits per heavy atom. The Morgan fingerprint density at radius 2 is 1.72 bits per heavy atom. The molecule has 0 atom stereocenters. The largest absolute Gasteiger partial charge is 0.342 e. The molecule has 0 aliphatic carbocycles. The number of amides is 1. The van der Waals surface area contributed by atoms with Gasteiger partial charge in [0.2, 0.25) is 0 Å². The van der Waals surface area contributed by atoms with E-state index in [2.05, 4.69) is 45.2 Å². The van der Waals surface area contributed by atoms with E-state index < -0.39 is 0 Å². The SMILES string of the molecule is Cc1cc(CN2CCCC2)ccc1Nc1cc2c(cn1)N(C)C(=O)c1ccccc1N2C. The molecule has 1 fully saturated rings. The van der Waals surface area contributed by atoms with Crippen molar-refractivity contribution in [3.8, 4) is 0 Å². The summed E-state index contributed by atoms with van der Waals surface area (Å²) >= 11 is 0. The molecule has 1 aromatic heterocycles. The van der Waals surface area contributed by atoms with E-state index in [0.717, 1.165) is 35.1 Å². The zero-order valence-corrected chi connectivity index (χ0v) is 18.9. The molecule has 3 aromatic rings. The van der Waals surface area contributed by atoms with E-state index in [1.807, 2.05) is 37.4 Å². The van der Waals surface area contributed by atoms with E-state index in [9.17, 15) is 4.79 Å². The van der Waals surface area contributed by atoms with Gasteiger partial charge in [-0.3, -0.25) is 9.69 Å². The molecule has 2 aliphatic heterocycles. The number of para-hydroxylation sites is 1. The molecule has 32 heavy (non-hydrogen) atoms. The number of nitrogens with zero attached hydrogens (tertiary/aromatic N) is 4. The summed E-state index contributed by atoms with van der Waals surface area (Å²) in [5.74, 6) is 0.726. The van der Waals surface area contributed by atoms with Crippen LogP contribution in [0.25, 0.3) is 0 Å². The molecule has 1 saturated heterocycles. The number of aryl methyl sites for hydroxylation is 1. The molecule has 0 unspecified atom stereocenters. The predicted molar refractivity (Wildman–Crippen MR) is 130 cm³/mol. The summed E-state index contributed by atoms with van der Waals surface area (Å²) in [6.07, 6.45) is 4.39. The number of aromatic nitrogens is 1. The predicted octanol–water partition coefficient (Wildman–Crippen LogP) is 5.09. The van der Waals surface area contributed by atoms with Gasteiger partial charge in [0.25, 0.3) is 5.91 Å². The van der Waals surface area contributed by atoms with Gasteiger partial charge in [-0.15, -0.1) is 0 Å². The van der Waals surface area contributed by atoms with Crippen LogP contribution < -0.4 is 15.1 Å². The summed E-state index contributed by atoms with van der Waals surface area (Å²) in [7, 11) is 3.79. The van der Waals surface area contributed by atoms with Crippen molar-refractivity contribution in [2.24, 2.45) is 0 Å². The van der Waals surface area contributed by atoms with Crippen LogP contribution in [0.15, 0.2) is 54.7 Å². The Balaban J connectivity index is 1.43. The third-order valence-electron chi connectivity index (χ3n) is 6.54. The Kier molecular flexibility index (Phi) is 5.31. The quantitative estimate of drug-likeness (QED) is 0.629. The summed E-state index contributed by atoms with van der Waals surface area (Å²) in [6.45, 7) is 5.55. The van der Waals surface area contributed by atoms with Crippen molar-refractivity contribution >= 4 is 34.5 Å². The van der Waals surface area contributed by atoms with E-state index in [0.29, 0.717) is 5.56 Å². The third kappa shape index (κ3) is 3.71. The molecule has 6 heteroatoms. The molecular weight excluding hydrogens is 398 g/mol. The number of carbonyl (C=O) groups is 1. The smallest absolute Gasteiger partial charge is 0.260 e. The Bertz CT molecular complexity index is 1170. The molecule has 6 nitrogen and oxygen atoms in total. The van der Waals surface area contributed by atoms with Crippen LogP contribution in [0.1, 0.15) is 34.3 Å². The van der Waals surface area contributed by atoms with Gasteiger partial charge in [0.1, 0.15) is 5.82 Å². The van der Waals surface area contributed by atoms with Gasteiger partial charge in [-0.05, 0) is 62.2 Å². The molecule has 2 aromatic carbocycles. The molecule has 164 valence electrons. The van der Waals surface area contributed by atoms with E-state index in [-0.39, 0.29) is 5.91 Å². The number of nitrogens with one attached hydrogen (secondary N) is 1. The van der Waals surface area contributed by atoms with Gasteiger partial charge in [0, 0.05) is 32.4 Å². The lowest BCUT2D eigenvalue weighted by molar-refractivity contribution is 0.0994. The first-order valence-corrected chi connectivity index (χ1v) is 11.2. The molecular formula is C26H29N5O. The van der Waals surface area contributed by atoms with Crippen molar-refractivity contribution < 1.29 is 4.79 Å². The van der Waals surface area contributed by atoms with Gasteiger partial charge in [-0.25, -0.2) is 4.98 Å². The standard InChI is InChI=1S/C26H29N5O/c1-18-14-19(17-31-12-6-7-13-31)10-11-21(18)28-25-15-23-24(16-27-25)30(3)26(32)20-8-4-5-9-22(20)29(23)2/h4-5,8-11,14-16H,6-7,12-13,17H2,1-3H3,(H,27,28).